The highest BCUT2D eigenvalue weighted by atomic mass is 79.9. The lowest BCUT2D eigenvalue weighted by atomic mass is 9.87. The zero-order chi connectivity index (χ0) is 15.9. The Hall–Kier alpha value is -1.36. The summed E-state index contributed by atoms with van der Waals surface area (Å²) in [4.78, 5) is 23.7. The van der Waals surface area contributed by atoms with Crippen LogP contribution in [0.3, 0.4) is 0 Å². The molecule has 22 heavy (non-hydrogen) atoms. The third-order valence-corrected chi connectivity index (χ3v) is 4.80. The Morgan fingerprint density at radius 3 is 2.59 bits per heavy atom. The van der Waals surface area contributed by atoms with Crippen LogP contribution in [0.25, 0.3) is 0 Å². The van der Waals surface area contributed by atoms with Crippen molar-refractivity contribution in [2.24, 2.45) is 5.92 Å². The van der Waals surface area contributed by atoms with Gasteiger partial charge in [-0.1, -0.05) is 38.2 Å². The first-order valence-electron chi connectivity index (χ1n) is 7.91. The molecule has 0 atom stereocenters. The Morgan fingerprint density at radius 2 is 1.91 bits per heavy atom. The van der Waals surface area contributed by atoms with Crippen molar-refractivity contribution in [1.29, 1.82) is 0 Å². The Bertz CT molecular complexity index is 539. The van der Waals surface area contributed by atoms with Gasteiger partial charge in [0.25, 0.3) is 0 Å². The molecule has 0 heterocycles. The topological polar surface area (TPSA) is 58.2 Å². The summed E-state index contributed by atoms with van der Waals surface area (Å²) in [5.74, 6) is -0.486. The Labute approximate surface area is 140 Å². The number of benzene rings is 1. The van der Waals surface area contributed by atoms with E-state index in [1.807, 2.05) is 19.1 Å². The van der Waals surface area contributed by atoms with Gasteiger partial charge in [-0.25, -0.2) is 0 Å². The van der Waals surface area contributed by atoms with E-state index in [2.05, 4.69) is 26.6 Å². The number of carbonyl (C=O) groups is 2. The fraction of sp³-hybridized carbons (Fsp3) is 0.529. The van der Waals surface area contributed by atoms with Gasteiger partial charge < -0.3 is 10.6 Å². The molecule has 120 valence electrons. The van der Waals surface area contributed by atoms with E-state index >= 15 is 0 Å². The molecule has 0 saturated heterocycles. The maximum atomic E-state index is 11.9. The molecular formula is C17H23BrN2O2. The summed E-state index contributed by atoms with van der Waals surface area (Å²) >= 11 is 3.38. The number of amides is 2. The fourth-order valence-corrected chi connectivity index (χ4v) is 3.44. The van der Waals surface area contributed by atoms with Gasteiger partial charge in [0.2, 0.25) is 0 Å². The van der Waals surface area contributed by atoms with Crippen molar-refractivity contribution in [2.45, 2.75) is 45.4 Å². The number of aryl methyl sites for hydroxylation is 1. The average molecular weight is 367 g/mol. The van der Waals surface area contributed by atoms with Crippen molar-refractivity contribution < 1.29 is 9.59 Å². The first-order chi connectivity index (χ1) is 10.6. The Kier molecular flexibility index (Phi) is 6.43. The standard InChI is InChI=1S/C17H23BrN2O2/c1-12-7-8-15(14(18)11-12)20-17(22)16(21)19-10-9-13-5-3-2-4-6-13/h7-8,11,13H,2-6,9-10H2,1H3,(H,19,21)(H,20,22). The van der Waals surface area contributed by atoms with E-state index in [-0.39, 0.29) is 0 Å². The highest BCUT2D eigenvalue weighted by molar-refractivity contribution is 9.10. The Balaban J connectivity index is 1.75. The minimum Gasteiger partial charge on any atom is -0.348 e. The van der Waals surface area contributed by atoms with E-state index in [4.69, 9.17) is 0 Å². The number of hydrogen-bond acceptors (Lipinski definition) is 2. The van der Waals surface area contributed by atoms with Gasteiger partial charge in [-0.05, 0) is 52.9 Å². The van der Waals surface area contributed by atoms with E-state index in [1.54, 1.807) is 6.07 Å². The summed E-state index contributed by atoms with van der Waals surface area (Å²) in [6, 6.07) is 5.57. The minimum atomic E-state index is -0.617. The predicted molar refractivity (Wildman–Crippen MR) is 91.7 cm³/mol. The highest BCUT2D eigenvalue weighted by Crippen LogP contribution is 2.26. The van der Waals surface area contributed by atoms with Gasteiger partial charge in [0.1, 0.15) is 0 Å². The van der Waals surface area contributed by atoms with Crippen LogP contribution in [-0.4, -0.2) is 18.4 Å². The summed E-state index contributed by atoms with van der Waals surface area (Å²) in [7, 11) is 0. The van der Waals surface area contributed by atoms with Crippen LogP contribution in [0.4, 0.5) is 5.69 Å². The van der Waals surface area contributed by atoms with Crippen LogP contribution < -0.4 is 10.6 Å². The van der Waals surface area contributed by atoms with Crippen molar-refractivity contribution in [3.63, 3.8) is 0 Å². The first-order valence-corrected chi connectivity index (χ1v) is 8.71. The molecule has 4 nitrogen and oxygen atoms in total. The second-order valence-corrected chi connectivity index (χ2v) is 6.84. The molecule has 2 N–H and O–H groups in total. The third-order valence-electron chi connectivity index (χ3n) is 4.14. The summed E-state index contributed by atoms with van der Waals surface area (Å²) < 4.78 is 0.774. The molecule has 0 aromatic heterocycles. The van der Waals surface area contributed by atoms with Gasteiger partial charge >= 0.3 is 11.8 Å². The smallest absolute Gasteiger partial charge is 0.313 e. The molecule has 0 radical (unpaired) electrons. The molecule has 1 aromatic carbocycles. The molecule has 0 aliphatic heterocycles. The highest BCUT2D eigenvalue weighted by Gasteiger charge is 2.17. The molecule has 1 aliphatic carbocycles. The number of carbonyl (C=O) groups excluding carboxylic acids is 2. The number of hydrogen-bond donors (Lipinski definition) is 2. The molecular weight excluding hydrogens is 344 g/mol. The van der Waals surface area contributed by atoms with Crippen molar-refractivity contribution in [2.75, 3.05) is 11.9 Å². The number of rotatable bonds is 4. The monoisotopic (exact) mass is 366 g/mol. The SMILES string of the molecule is Cc1ccc(NC(=O)C(=O)NCCC2CCCCC2)c(Br)c1. The zero-order valence-corrected chi connectivity index (χ0v) is 14.5. The van der Waals surface area contributed by atoms with Crippen LogP contribution in [0.15, 0.2) is 22.7 Å². The molecule has 0 spiro atoms. The molecule has 1 aliphatic rings. The summed E-state index contributed by atoms with van der Waals surface area (Å²) in [5, 5.41) is 5.34. The normalized spacial score (nSPS) is 15.4. The molecule has 2 amide bonds. The van der Waals surface area contributed by atoms with Crippen molar-refractivity contribution >= 4 is 33.4 Å². The predicted octanol–water partition coefficient (Wildman–Crippen LogP) is 3.78. The van der Waals surface area contributed by atoms with Gasteiger partial charge in [-0.15, -0.1) is 0 Å². The number of halogens is 1. The summed E-state index contributed by atoms with van der Waals surface area (Å²) in [5.41, 5.74) is 1.69. The molecule has 1 saturated carbocycles. The van der Waals surface area contributed by atoms with E-state index in [1.165, 1.54) is 32.1 Å². The lowest BCUT2D eigenvalue weighted by Crippen LogP contribution is -2.36. The van der Waals surface area contributed by atoms with Crippen molar-refractivity contribution in [3.8, 4) is 0 Å². The van der Waals surface area contributed by atoms with Gasteiger partial charge in [0.15, 0.2) is 0 Å². The summed E-state index contributed by atoms with van der Waals surface area (Å²) in [6.07, 6.45) is 7.38. The van der Waals surface area contributed by atoms with E-state index in [9.17, 15) is 9.59 Å². The van der Waals surface area contributed by atoms with Crippen LogP contribution in [-0.2, 0) is 9.59 Å². The second kappa shape index (κ2) is 8.32. The fourth-order valence-electron chi connectivity index (χ4n) is 2.85. The van der Waals surface area contributed by atoms with E-state index in [0.29, 0.717) is 18.2 Å². The van der Waals surface area contributed by atoms with Crippen molar-refractivity contribution in [1.82, 2.24) is 5.32 Å². The maximum Gasteiger partial charge on any atom is 0.313 e. The van der Waals surface area contributed by atoms with Crippen LogP contribution >= 0.6 is 15.9 Å². The van der Waals surface area contributed by atoms with E-state index in [0.717, 1.165) is 16.5 Å². The van der Waals surface area contributed by atoms with Crippen LogP contribution in [0.5, 0.6) is 0 Å². The average Bonchev–Trinajstić information content (AvgIpc) is 2.51. The van der Waals surface area contributed by atoms with Gasteiger partial charge in [-0.3, -0.25) is 9.59 Å². The lowest BCUT2D eigenvalue weighted by Gasteiger charge is -2.21. The van der Waals surface area contributed by atoms with Crippen LogP contribution in [0.1, 0.15) is 44.1 Å². The second-order valence-electron chi connectivity index (χ2n) is 5.99. The third kappa shape index (κ3) is 5.13. The number of anilines is 1. The quantitative estimate of drug-likeness (QED) is 0.796. The molecule has 0 bridgehead atoms. The molecule has 1 fully saturated rings. The maximum absolute atomic E-state index is 11.9. The largest absolute Gasteiger partial charge is 0.348 e. The number of nitrogens with one attached hydrogen (secondary N) is 2. The minimum absolute atomic E-state index is 0.566. The molecule has 1 aromatic rings. The van der Waals surface area contributed by atoms with Crippen LogP contribution in [0.2, 0.25) is 0 Å². The van der Waals surface area contributed by atoms with Crippen LogP contribution in [0, 0.1) is 12.8 Å². The van der Waals surface area contributed by atoms with Gasteiger partial charge in [-0.2, -0.15) is 0 Å². The van der Waals surface area contributed by atoms with Gasteiger partial charge in [0, 0.05) is 11.0 Å². The van der Waals surface area contributed by atoms with E-state index < -0.39 is 11.8 Å². The molecule has 5 heteroatoms. The zero-order valence-electron chi connectivity index (χ0n) is 13.0. The van der Waals surface area contributed by atoms with Crippen molar-refractivity contribution in [3.05, 3.63) is 28.2 Å². The lowest BCUT2D eigenvalue weighted by molar-refractivity contribution is -0.136. The Morgan fingerprint density at radius 1 is 1.18 bits per heavy atom. The summed E-state index contributed by atoms with van der Waals surface area (Å²) in [6.45, 7) is 2.54. The first kappa shape index (κ1) is 17.0. The van der Waals surface area contributed by atoms with Gasteiger partial charge in [0.05, 0.1) is 5.69 Å². The molecule has 2 rings (SSSR count). The molecule has 0 unspecified atom stereocenters.